The molecule has 3 nitrogen and oxygen atoms in total. The fourth-order valence-electron chi connectivity index (χ4n) is 3.12. The molecule has 116 valence electrons. The maximum Gasteiger partial charge on any atom is 0.307 e. The lowest BCUT2D eigenvalue weighted by Gasteiger charge is -2.21. The summed E-state index contributed by atoms with van der Waals surface area (Å²) in [5.74, 6) is -0.114. The molecular weight excluding hydrogens is 262 g/mol. The second kappa shape index (κ2) is 7.60. The highest BCUT2D eigenvalue weighted by atomic mass is 16.5. The van der Waals surface area contributed by atoms with Gasteiger partial charge in [-0.1, -0.05) is 32.0 Å². The Morgan fingerprint density at radius 2 is 2.05 bits per heavy atom. The van der Waals surface area contributed by atoms with Crippen LogP contribution in [0.1, 0.15) is 50.3 Å². The number of fused-ring (bicyclic) bond motifs is 1. The van der Waals surface area contributed by atoms with Crippen molar-refractivity contribution >= 4 is 5.97 Å². The number of hydrogen-bond donors (Lipinski definition) is 1. The molecule has 0 radical (unpaired) electrons. The van der Waals surface area contributed by atoms with E-state index in [1.165, 1.54) is 36.0 Å². The van der Waals surface area contributed by atoms with E-state index in [2.05, 4.69) is 37.4 Å². The van der Waals surface area contributed by atoms with Crippen LogP contribution in [0.25, 0.3) is 0 Å². The van der Waals surface area contributed by atoms with Gasteiger partial charge in [0, 0.05) is 12.1 Å². The summed E-state index contributed by atoms with van der Waals surface area (Å²) in [6, 6.07) is 7.30. The van der Waals surface area contributed by atoms with Gasteiger partial charge < -0.3 is 10.1 Å². The first-order valence-corrected chi connectivity index (χ1v) is 8.10. The number of nitrogens with one attached hydrogen (secondary N) is 1. The van der Waals surface area contributed by atoms with Gasteiger partial charge in [0.15, 0.2) is 0 Å². The summed E-state index contributed by atoms with van der Waals surface area (Å²) in [6.45, 7) is 6.52. The lowest BCUT2D eigenvalue weighted by atomic mass is 9.99. The number of rotatable bonds is 7. The average molecular weight is 289 g/mol. The van der Waals surface area contributed by atoms with Crippen LogP contribution in [0.4, 0.5) is 0 Å². The molecule has 1 aliphatic carbocycles. The molecule has 0 amide bonds. The summed E-state index contributed by atoms with van der Waals surface area (Å²) >= 11 is 0. The van der Waals surface area contributed by atoms with Gasteiger partial charge in [-0.2, -0.15) is 0 Å². The Morgan fingerprint density at radius 1 is 1.29 bits per heavy atom. The van der Waals surface area contributed by atoms with Crippen molar-refractivity contribution in [1.29, 1.82) is 0 Å². The molecule has 0 fully saturated rings. The van der Waals surface area contributed by atoms with Crippen LogP contribution in [-0.4, -0.2) is 24.7 Å². The lowest BCUT2D eigenvalue weighted by Crippen LogP contribution is -2.38. The minimum atomic E-state index is -0.114. The molecule has 0 saturated heterocycles. The molecule has 0 saturated carbocycles. The molecule has 1 aromatic carbocycles. The topological polar surface area (TPSA) is 38.3 Å². The van der Waals surface area contributed by atoms with Crippen LogP contribution in [0.5, 0.6) is 0 Å². The zero-order valence-corrected chi connectivity index (χ0v) is 13.4. The van der Waals surface area contributed by atoms with Crippen LogP contribution in [0.15, 0.2) is 18.2 Å². The summed E-state index contributed by atoms with van der Waals surface area (Å²) in [5, 5.41) is 3.48. The standard InChI is InChI=1S/C18H27NO2/c1-4-21-18(20)12-17(19-13(2)3)11-14-8-9-15-6-5-7-16(15)10-14/h8-10,13,17,19H,4-7,11-12H2,1-3H3. The van der Waals surface area contributed by atoms with E-state index in [9.17, 15) is 4.79 Å². The van der Waals surface area contributed by atoms with Crippen molar-refractivity contribution in [3.63, 3.8) is 0 Å². The number of aryl methyl sites for hydroxylation is 2. The highest BCUT2D eigenvalue weighted by molar-refractivity contribution is 5.70. The molecule has 21 heavy (non-hydrogen) atoms. The number of hydrogen-bond acceptors (Lipinski definition) is 3. The second-order valence-corrected chi connectivity index (χ2v) is 6.19. The smallest absolute Gasteiger partial charge is 0.307 e. The van der Waals surface area contributed by atoms with Crippen LogP contribution in [0.2, 0.25) is 0 Å². The molecule has 0 heterocycles. The molecule has 0 spiro atoms. The van der Waals surface area contributed by atoms with E-state index in [0.717, 1.165) is 6.42 Å². The molecule has 2 rings (SSSR count). The van der Waals surface area contributed by atoms with Crippen LogP contribution in [0, 0.1) is 0 Å². The van der Waals surface area contributed by atoms with Crippen LogP contribution >= 0.6 is 0 Å². The molecule has 1 N–H and O–H groups in total. The molecule has 1 aromatic rings. The Balaban J connectivity index is 2.01. The van der Waals surface area contributed by atoms with E-state index >= 15 is 0 Å². The number of carbonyl (C=O) groups is 1. The summed E-state index contributed by atoms with van der Waals surface area (Å²) < 4.78 is 5.09. The van der Waals surface area contributed by atoms with Gasteiger partial charge in [0.1, 0.15) is 0 Å². The first kappa shape index (κ1) is 16.0. The van der Waals surface area contributed by atoms with E-state index in [1.54, 1.807) is 0 Å². The maximum atomic E-state index is 11.8. The third-order valence-electron chi connectivity index (χ3n) is 3.93. The van der Waals surface area contributed by atoms with Crippen molar-refractivity contribution in [3.8, 4) is 0 Å². The van der Waals surface area contributed by atoms with Gasteiger partial charge in [-0.15, -0.1) is 0 Å². The zero-order valence-electron chi connectivity index (χ0n) is 13.4. The van der Waals surface area contributed by atoms with Gasteiger partial charge >= 0.3 is 5.97 Å². The van der Waals surface area contributed by atoms with Crippen LogP contribution < -0.4 is 5.32 Å². The molecule has 0 aliphatic heterocycles. The Kier molecular flexibility index (Phi) is 5.80. The van der Waals surface area contributed by atoms with Gasteiger partial charge in [0.05, 0.1) is 13.0 Å². The number of benzene rings is 1. The van der Waals surface area contributed by atoms with Crippen LogP contribution in [0.3, 0.4) is 0 Å². The van der Waals surface area contributed by atoms with E-state index in [-0.39, 0.29) is 12.0 Å². The van der Waals surface area contributed by atoms with Gasteiger partial charge in [-0.25, -0.2) is 0 Å². The monoisotopic (exact) mass is 289 g/mol. The summed E-state index contributed by atoms with van der Waals surface area (Å²) in [7, 11) is 0. The third-order valence-corrected chi connectivity index (χ3v) is 3.93. The third kappa shape index (κ3) is 4.85. The summed E-state index contributed by atoms with van der Waals surface area (Å²) in [5.41, 5.74) is 4.31. The maximum absolute atomic E-state index is 11.8. The van der Waals surface area contributed by atoms with E-state index in [0.29, 0.717) is 19.1 Å². The van der Waals surface area contributed by atoms with Gasteiger partial charge in [0.2, 0.25) is 0 Å². The lowest BCUT2D eigenvalue weighted by molar-refractivity contribution is -0.143. The number of esters is 1. The Bertz CT molecular complexity index is 482. The number of carbonyl (C=O) groups excluding carboxylic acids is 1. The quantitative estimate of drug-likeness (QED) is 0.784. The molecule has 0 bridgehead atoms. The fraction of sp³-hybridized carbons (Fsp3) is 0.611. The largest absolute Gasteiger partial charge is 0.466 e. The average Bonchev–Trinajstić information content (AvgIpc) is 2.85. The predicted molar refractivity (Wildman–Crippen MR) is 85.5 cm³/mol. The summed E-state index contributed by atoms with van der Waals surface area (Å²) in [4.78, 5) is 11.8. The number of ether oxygens (including phenoxy) is 1. The molecule has 3 heteroatoms. The van der Waals surface area contributed by atoms with Crippen LogP contribution in [-0.2, 0) is 28.8 Å². The molecule has 1 atom stereocenters. The predicted octanol–water partition coefficient (Wildman–Crippen LogP) is 3.04. The van der Waals surface area contributed by atoms with E-state index in [1.807, 2.05) is 6.92 Å². The first-order valence-electron chi connectivity index (χ1n) is 8.10. The van der Waals surface area contributed by atoms with Crippen molar-refractivity contribution in [2.45, 2.75) is 65.0 Å². The minimum absolute atomic E-state index is 0.114. The normalized spacial score (nSPS) is 15.0. The Hall–Kier alpha value is -1.35. The van der Waals surface area contributed by atoms with Gasteiger partial charge in [-0.3, -0.25) is 4.79 Å². The van der Waals surface area contributed by atoms with E-state index in [4.69, 9.17) is 4.74 Å². The van der Waals surface area contributed by atoms with E-state index < -0.39 is 0 Å². The van der Waals surface area contributed by atoms with Crippen molar-refractivity contribution < 1.29 is 9.53 Å². The van der Waals surface area contributed by atoms with Crippen molar-refractivity contribution in [2.24, 2.45) is 0 Å². The zero-order chi connectivity index (χ0) is 15.2. The second-order valence-electron chi connectivity index (χ2n) is 6.19. The fourth-order valence-corrected chi connectivity index (χ4v) is 3.12. The van der Waals surface area contributed by atoms with Gasteiger partial charge in [0.25, 0.3) is 0 Å². The highest BCUT2D eigenvalue weighted by Gasteiger charge is 2.18. The van der Waals surface area contributed by atoms with Crippen molar-refractivity contribution in [1.82, 2.24) is 5.32 Å². The minimum Gasteiger partial charge on any atom is -0.466 e. The van der Waals surface area contributed by atoms with Gasteiger partial charge in [-0.05, 0) is 49.3 Å². The SMILES string of the molecule is CCOC(=O)CC(Cc1ccc2c(c1)CCC2)NC(C)C. The van der Waals surface area contributed by atoms with Crippen molar-refractivity contribution in [2.75, 3.05) is 6.61 Å². The van der Waals surface area contributed by atoms with Crippen molar-refractivity contribution in [3.05, 3.63) is 34.9 Å². The molecule has 1 unspecified atom stereocenters. The molecule has 0 aromatic heterocycles. The molecule has 1 aliphatic rings. The Morgan fingerprint density at radius 3 is 2.76 bits per heavy atom. The Labute approximate surface area is 128 Å². The molecular formula is C18H27NO2. The highest BCUT2D eigenvalue weighted by Crippen LogP contribution is 2.23. The first-order chi connectivity index (χ1) is 10.1. The summed E-state index contributed by atoms with van der Waals surface area (Å²) in [6.07, 6.45) is 5.00.